The minimum absolute atomic E-state index is 1.01. The van der Waals surface area contributed by atoms with E-state index in [4.69, 9.17) is 0 Å². The fourth-order valence-electron chi connectivity index (χ4n) is 3.64. The predicted octanol–water partition coefficient (Wildman–Crippen LogP) is 9.24. The van der Waals surface area contributed by atoms with Crippen LogP contribution in [0.2, 0.25) is 0 Å². The molecule has 0 aliphatic heterocycles. The second-order valence-electron chi connectivity index (χ2n) is 7.79. The number of rotatable bonds is 19. The molecule has 0 fully saturated rings. The van der Waals surface area contributed by atoms with Crippen LogP contribution in [-0.4, -0.2) is 0 Å². The quantitative estimate of drug-likeness (QED) is 0.163. The summed E-state index contributed by atoms with van der Waals surface area (Å²) in [6, 6.07) is 0. The minimum Gasteiger partial charge on any atom is -0.0885 e. The van der Waals surface area contributed by atoms with Crippen LogP contribution in [0, 0.1) is 5.92 Å². The van der Waals surface area contributed by atoms with Crippen LogP contribution in [0.1, 0.15) is 136 Å². The molecule has 0 saturated heterocycles. The van der Waals surface area contributed by atoms with Crippen molar-refractivity contribution in [2.75, 3.05) is 0 Å². The zero-order chi connectivity index (χ0) is 17.7. The van der Waals surface area contributed by atoms with E-state index in [9.17, 15) is 0 Å². The topological polar surface area (TPSA) is 0 Å². The standard InChI is InChI=1S/C24H48/c1-4-7-8-9-10-11-12-13-14-15-16-17-18-19-20-21-23-24(6-3)22-5-2/h13-14,24H,4-12,15-23H2,1-3H3. The van der Waals surface area contributed by atoms with Crippen LogP contribution in [0.3, 0.4) is 0 Å². The fourth-order valence-corrected chi connectivity index (χ4v) is 3.64. The van der Waals surface area contributed by atoms with Gasteiger partial charge in [-0.1, -0.05) is 123 Å². The van der Waals surface area contributed by atoms with Gasteiger partial charge in [-0.05, 0) is 31.6 Å². The first-order valence-corrected chi connectivity index (χ1v) is 11.5. The zero-order valence-corrected chi connectivity index (χ0v) is 17.5. The van der Waals surface area contributed by atoms with Crippen molar-refractivity contribution in [1.82, 2.24) is 0 Å². The Morgan fingerprint density at radius 2 is 1.00 bits per heavy atom. The van der Waals surface area contributed by atoms with Gasteiger partial charge >= 0.3 is 0 Å². The average Bonchev–Trinajstić information content (AvgIpc) is 2.60. The van der Waals surface area contributed by atoms with Crippen LogP contribution in [0.15, 0.2) is 12.2 Å². The third kappa shape index (κ3) is 18.1. The van der Waals surface area contributed by atoms with Crippen LogP contribution in [0.4, 0.5) is 0 Å². The van der Waals surface area contributed by atoms with Crippen LogP contribution < -0.4 is 0 Å². The summed E-state index contributed by atoms with van der Waals surface area (Å²) >= 11 is 0. The summed E-state index contributed by atoms with van der Waals surface area (Å²) in [5, 5.41) is 0. The molecule has 0 N–H and O–H groups in total. The van der Waals surface area contributed by atoms with E-state index in [0.717, 1.165) is 5.92 Å². The van der Waals surface area contributed by atoms with Crippen molar-refractivity contribution in [2.24, 2.45) is 5.92 Å². The summed E-state index contributed by atoms with van der Waals surface area (Å²) in [6.07, 6.45) is 30.4. The third-order valence-corrected chi connectivity index (χ3v) is 5.40. The van der Waals surface area contributed by atoms with E-state index in [1.807, 2.05) is 0 Å². The number of allylic oxidation sites excluding steroid dienone is 2. The first kappa shape index (κ1) is 23.7. The molecule has 0 heteroatoms. The monoisotopic (exact) mass is 336 g/mol. The summed E-state index contributed by atoms with van der Waals surface area (Å²) in [7, 11) is 0. The highest BCUT2D eigenvalue weighted by atomic mass is 14.1. The van der Waals surface area contributed by atoms with E-state index in [2.05, 4.69) is 32.9 Å². The summed E-state index contributed by atoms with van der Waals surface area (Å²) in [5.74, 6) is 1.01. The molecule has 24 heavy (non-hydrogen) atoms. The summed E-state index contributed by atoms with van der Waals surface area (Å²) < 4.78 is 0. The molecule has 0 aliphatic carbocycles. The Morgan fingerprint density at radius 3 is 1.50 bits per heavy atom. The van der Waals surface area contributed by atoms with Gasteiger partial charge in [0.2, 0.25) is 0 Å². The third-order valence-electron chi connectivity index (χ3n) is 5.40. The van der Waals surface area contributed by atoms with E-state index >= 15 is 0 Å². The maximum absolute atomic E-state index is 2.43. The number of hydrogen-bond donors (Lipinski definition) is 0. The molecule has 1 unspecified atom stereocenters. The highest BCUT2D eigenvalue weighted by Gasteiger charge is 2.03. The SMILES string of the molecule is CCCCCCCCC=CCCCCCCCCC(CC)CCC. The van der Waals surface area contributed by atoms with Crippen molar-refractivity contribution in [2.45, 2.75) is 136 Å². The smallest absolute Gasteiger partial charge is 0.0351 e. The Kier molecular flexibility index (Phi) is 20.6. The van der Waals surface area contributed by atoms with Gasteiger partial charge in [0, 0.05) is 0 Å². The van der Waals surface area contributed by atoms with Crippen LogP contribution in [0.25, 0.3) is 0 Å². The first-order valence-electron chi connectivity index (χ1n) is 11.5. The summed E-state index contributed by atoms with van der Waals surface area (Å²) in [4.78, 5) is 0. The second-order valence-corrected chi connectivity index (χ2v) is 7.79. The molecule has 144 valence electrons. The predicted molar refractivity (Wildman–Crippen MR) is 113 cm³/mol. The van der Waals surface area contributed by atoms with Gasteiger partial charge in [0.15, 0.2) is 0 Å². The molecule has 1 atom stereocenters. The molecule has 0 radical (unpaired) electrons. The van der Waals surface area contributed by atoms with E-state index in [1.165, 1.54) is 116 Å². The van der Waals surface area contributed by atoms with E-state index in [0.29, 0.717) is 0 Å². The lowest BCUT2D eigenvalue weighted by atomic mass is 9.94. The van der Waals surface area contributed by atoms with E-state index < -0.39 is 0 Å². The van der Waals surface area contributed by atoms with Crippen molar-refractivity contribution in [1.29, 1.82) is 0 Å². The van der Waals surface area contributed by atoms with Gasteiger partial charge < -0.3 is 0 Å². The number of hydrogen-bond acceptors (Lipinski definition) is 0. The molecule has 0 aliphatic rings. The molecule has 0 aromatic heterocycles. The van der Waals surface area contributed by atoms with Gasteiger partial charge in [0.05, 0.1) is 0 Å². The highest BCUT2D eigenvalue weighted by Crippen LogP contribution is 2.19. The lowest BCUT2D eigenvalue weighted by Crippen LogP contribution is -1.97. The Hall–Kier alpha value is -0.260. The largest absolute Gasteiger partial charge is 0.0885 e. The minimum atomic E-state index is 1.01. The van der Waals surface area contributed by atoms with Crippen LogP contribution in [-0.2, 0) is 0 Å². The molecule has 0 amide bonds. The Bertz CT molecular complexity index is 240. The summed E-state index contributed by atoms with van der Waals surface area (Å²) in [6.45, 7) is 6.98. The van der Waals surface area contributed by atoms with E-state index in [-0.39, 0.29) is 0 Å². The molecule has 0 nitrogen and oxygen atoms in total. The maximum Gasteiger partial charge on any atom is -0.0351 e. The Balaban J connectivity index is 3.17. The second kappa shape index (κ2) is 20.8. The molecule has 0 aromatic carbocycles. The Morgan fingerprint density at radius 1 is 0.500 bits per heavy atom. The van der Waals surface area contributed by atoms with Gasteiger partial charge in [0.25, 0.3) is 0 Å². The lowest BCUT2D eigenvalue weighted by molar-refractivity contribution is 0.408. The molecule has 0 saturated carbocycles. The van der Waals surface area contributed by atoms with Crippen LogP contribution in [0.5, 0.6) is 0 Å². The molecular weight excluding hydrogens is 288 g/mol. The van der Waals surface area contributed by atoms with E-state index in [1.54, 1.807) is 0 Å². The normalized spacial score (nSPS) is 13.0. The maximum atomic E-state index is 2.43. The lowest BCUT2D eigenvalue weighted by Gasteiger charge is -2.12. The summed E-state index contributed by atoms with van der Waals surface area (Å²) in [5.41, 5.74) is 0. The number of unbranched alkanes of at least 4 members (excludes halogenated alkanes) is 12. The highest BCUT2D eigenvalue weighted by molar-refractivity contribution is 4.81. The average molecular weight is 337 g/mol. The van der Waals surface area contributed by atoms with Crippen molar-refractivity contribution < 1.29 is 0 Å². The van der Waals surface area contributed by atoms with Gasteiger partial charge in [-0.2, -0.15) is 0 Å². The van der Waals surface area contributed by atoms with Crippen molar-refractivity contribution in [3.05, 3.63) is 12.2 Å². The van der Waals surface area contributed by atoms with Gasteiger partial charge in [0.1, 0.15) is 0 Å². The Labute approximate surface area is 154 Å². The van der Waals surface area contributed by atoms with Gasteiger partial charge in [-0.3, -0.25) is 0 Å². The van der Waals surface area contributed by atoms with Crippen molar-refractivity contribution in [3.8, 4) is 0 Å². The fraction of sp³-hybridized carbons (Fsp3) is 0.917. The zero-order valence-electron chi connectivity index (χ0n) is 17.5. The molecule has 0 rings (SSSR count). The van der Waals surface area contributed by atoms with Crippen LogP contribution >= 0.6 is 0 Å². The molecular formula is C24H48. The molecule has 0 heterocycles. The molecule has 0 spiro atoms. The van der Waals surface area contributed by atoms with Gasteiger partial charge in [-0.25, -0.2) is 0 Å². The van der Waals surface area contributed by atoms with Crippen molar-refractivity contribution in [3.63, 3.8) is 0 Å². The molecule has 0 bridgehead atoms. The van der Waals surface area contributed by atoms with Gasteiger partial charge in [-0.15, -0.1) is 0 Å². The molecule has 0 aromatic rings. The first-order chi connectivity index (χ1) is 11.8. The van der Waals surface area contributed by atoms with Crippen molar-refractivity contribution >= 4 is 0 Å².